The summed E-state index contributed by atoms with van der Waals surface area (Å²) in [6.07, 6.45) is 1.63. The fraction of sp³-hybridized carbons (Fsp3) is 0.182. The summed E-state index contributed by atoms with van der Waals surface area (Å²) in [5.41, 5.74) is 1.25. The highest BCUT2D eigenvalue weighted by Crippen LogP contribution is 2.32. The number of carbonyl (C=O) groups excluding carboxylic acids is 4. The molecule has 0 aliphatic carbocycles. The average Bonchev–Trinajstić information content (AvgIpc) is 3.01. The van der Waals surface area contributed by atoms with Gasteiger partial charge in [-0.1, -0.05) is 35.9 Å². The molecule has 1 aliphatic rings. The molecule has 3 rings (SSSR count). The Morgan fingerprint density at radius 1 is 1.16 bits per heavy atom. The van der Waals surface area contributed by atoms with Gasteiger partial charge in [-0.2, -0.15) is 0 Å². The van der Waals surface area contributed by atoms with Gasteiger partial charge in [-0.25, -0.2) is 0 Å². The second kappa shape index (κ2) is 10.3. The molecule has 0 aromatic heterocycles. The van der Waals surface area contributed by atoms with E-state index >= 15 is 0 Å². The Kier molecular flexibility index (Phi) is 7.49. The van der Waals surface area contributed by atoms with Gasteiger partial charge in [0.25, 0.3) is 17.1 Å². The molecule has 7 nitrogen and oxygen atoms in total. The first kappa shape index (κ1) is 22.6. The number of thioether (sulfide) groups is 1. The molecular weight excluding hydrogens is 440 g/mol. The first-order valence-corrected chi connectivity index (χ1v) is 10.5. The SMILES string of the molecule is CC(=O)c1cccc(OCC(=O)NCCN2C(=O)S/C(=C/c3ccc(Cl)cc3)C2=O)c1. The van der Waals surface area contributed by atoms with Crippen molar-refractivity contribution in [2.24, 2.45) is 0 Å². The van der Waals surface area contributed by atoms with Crippen molar-refractivity contribution in [3.05, 3.63) is 69.6 Å². The minimum Gasteiger partial charge on any atom is -0.484 e. The number of nitrogens with zero attached hydrogens (tertiary/aromatic N) is 1. The van der Waals surface area contributed by atoms with Gasteiger partial charge in [0.1, 0.15) is 5.75 Å². The van der Waals surface area contributed by atoms with Crippen molar-refractivity contribution >= 4 is 52.3 Å². The molecule has 0 atom stereocenters. The molecule has 160 valence electrons. The number of halogens is 1. The van der Waals surface area contributed by atoms with Gasteiger partial charge in [0.05, 0.1) is 4.91 Å². The Labute approximate surface area is 188 Å². The fourth-order valence-electron chi connectivity index (χ4n) is 2.72. The average molecular weight is 459 g/mol. The maximum atomic E-state index is 12.5. The van der Waals surface area contributed by atoms with Gasteiger partial charge in [0, 0.05) is 23.7 Å². The number of benzene rings is 2. The van der Waals surface area contributed by atoms with Crippen LogP contribution in [0.4, 0.5) is 4.79 Å². The van der Waals surface area contributed by atoms with Crippen LogP contribution in [0.3, 0.4) is 0 Å². The van der Waals surface area contributed by atoms with Gasteiger partial charge in [0.2, 0.25) is 0 Å². The quantitative estimate of drug-likeness (QED) is 0.478. The zero-order chi connectivity index (χ0) is 22.4. The number of nitrogens with one attached hydrogen (secondary N) is 1. The smallest absolute Gasteiger partial charge is 0.293 e. The molecule has 31 heavy (non-hydrogen) atoms. The number of carbonyl (C=O) groups is 4. The van der Waals surface area contributed by atoms with Crippen molar-refractivity contribution in [2.45, 2.75) is 6.92 Å². The molecule has 9 heteroatoms. The van der Waals surface area contributed by atoms with Gasteiger partial charge in [-0.05, 0) is 54.6 Å². The number of hydrogen-bond donors (Lipinski definition) is 1. The summed E-state index contributed by atoms with van der Waals surface area (Å²) >= 11 is 6.70. The molecular formula is C22H19ClN2O5S. The van der Waals surface area contributed by atoms with E-state index in [9.17, 15) is 19.2 Å². The van der Waals surface area contributed by atoms with Crippen LogP contribution >= 0.6 is 23.4 Å². The molecule has 2 aromatic rings. The van der Waals surface area contributed by atoms with Gasteiger partial charge in [0.15, 0.2) is 12.4 Å². The third-order valence-corrected chi connectivity index (χ3v) is 5.47. The fourth-order valence-corrected chi connectivity index (χ4v) is 3.71. The minimum absolute atomic E-state index is 0.0498. The first-order valence-electron chi connectivity index (χ1n) is 9.35. The van der Waals surface area contributed by atoms with Crippen LogP contribution < -0.4 is 10.1 Å². The molecule has 3 amide bonds. The predicted molar refractivity (Wildman–Crippen MR) is 119 cm³/mol. The Hall–Kier alpha value is -3.10. The van der Waals surface area contributed by atoms with E-state index in [1.165, 1.54) is 6.92 Å². The zero-order valence-electron chi connectivity index (χ0n) is 16.6. The third-order valence-electron chi connectivity index (χ3n) is 4.31. The van der Waals surface area contributed by atoms with Crippen LogP contribution in [0.5, 0.6) is 5.75 Å². The molecule has 1 saturated heterocycles. The zero-order valence-corrected chi connectivity index (χ0v) is 18.2. The largest absolute Gasteiger partial charge is 0.484 e. The topological polar surface area (TPSA) is 92.8 Å². The van der Waals surface area contributed by atoms with Crippen LogP contribution in [0.2, 0.25) is 5.02 Å². The highest BCUT2D eigenvalue weighted by Gasteiger charge is 2.34. The van der Waals surface area contributed by atoms with Crippen molar-refractivity contribution in [3.63, 3.8) is 0 Å². The maximum Gasteiger partial charge on any atom is 0.293 e. The van der Waals surface area contributed by atoms with Gasteiger partial charge >= 0.3 is 0 Å². The van der Waals surface area contributed by atoms with E-state index in [0.717, 1.165) is 22.2 Å². The van der Waals surface area contributed by atoms with E-state index in [0.29, 0.717) is 21.2 Å². The van der Waals surface area contributed by atoms with E-state index in [2.05, 4.69) is 5.32 Å². The lowest BCUT2D eigenvalue weighted by Crippen LogP contribution is -2.38. The summed E-state index contributed by atoms with van der Waals surface area (Å²) in [6.45, 7) is 1.34. The second-order valence-electron chi connectivity index (χ2n) is 6.61. The third kappa shape index (κ3) is 6.19. The van der Waals surface area contributed by atoms with E-state index in [-0.39, 0.29) is 25.5 Å². The summed E-state index contributed by atoms with van der Waals surface area (Å²) < 4.78 is 5.38. The van der Waals surface area contributed by atoms with E-state index in [4.69, 9.17) is 16.3 Å². The van der Waals surface area contributed by atoms with Crippen molar-refractivity contribution < 1.29 is 23.9 Å². The molecule has 0 spiro atoms. The predicted octanol–water partition coefficient (Wildman–Crippen LogP) is 3.77. The van der Waals surface area contributed by atoms with Crippen LogP contribution in [0, 0.1) is 0 Å². The van der Waals surface area contributed by atoms with Crippen LogP contribution in [-0.4, -0.2) is 47.4 Å². The molecule has 1 heterocycles. The van der Waals surface area contributed by atoms with Gasteiger partial charge < -0.3 is 10.1 Å². The molecule has 0 radical (unpaired) electrons. The minimum atomic E-state index is -0.406. The lowest BCUT2D eigenvalue weighted by Gasteiger charge is -2.13. The van der Waals surface area contributed by atoms with E-state index in [1.54, 1.807) is 54.6 Å². The van der Waals surface area contributed by atoms with Crippen LogP contribution in [0.25, 0.3) is 6.08 Å². The summed E-state index contributed by atoms with van der Waals surface area (Å²) in [5.74, 6) is -0.508. The van der Waals surface area contributed by atoms with Crippen molar-refractivity contribution in [2.75, 3.05) is 19.7 Å². The highest BCUT2D eigenvalue weighted by molar-refractivity contribution is 8.18. The molecule has 0 saturated carbocycles. The Morgan fingerprint density at radius 2 is 1.90 bits per heavy atom. The Balaban J connectivity index is 1.47. The lowest BCUT2D eigenvalue weighted by molar-refractivity contribution is -0.125. The maximum absolute atomic E-state index is 12.5. The number of Topliss-reactive ketones (excluding diaryl/α,β-unsaturated/α-hetero) is 1. The molecule has 1 N–H and O–H groups in total. The summed E-state index contributed by atoms with van der Waals surface area (Å²) in [4.78, 5) is 49.4. The standard InChI is InChI=1S/C22H19ClN2O5S/c1-14(26)16-3-2-4-18(12-16)30-13-20(27)24-9-10-25-21(28)19(31-22(25)29)11-15-5-7-17(23)8-6-15/h2-8,11-12H,9-10,13H2,1H3,(H,24,27)/b19-11+. The van der Waals surface area contributed by atoms with Crippen LogP contribution in [0.15, 0.2) is 53.4 Å². The number of ether oxygens (including phenoxy) is 1. The number of hydrogen-bond acceptors (Lipinski definition) is 6. The Morgan fingerprint density at radius 3 is 2.61 bits per heavy atom. The molecule has 2 aromatic carbocycles. The van der Waals surface area contributed by atoms with Crippen molar-refractivity contribution in [1.29, 1.82) is 0 Å². The van der Waals surface area contributed by atoms with Gasteiger partial charge in [-0.15, -0.1) is 0 Å². The normalized spacial score (nSPS) is 14.8. The summed E-state index contributed by atoms with van der Waals surface area (Å²) in [7, 11) is 0. The van der Waals surface area contributed by atoms with Crippen LogP contribution in [0.1, 0.15) is 22.8 Å². The summed E-state index contributed by atoms with van der Waals surface area (Å²) in [6, 6.07) is 13.4. The number of rotatable bonds is 8. The number of imide groups is 1. The van der Waals surface area contributed by atoms with Gasteiger partial charge in [-0.3, -0.25) is 24.1 Å². The lowest BCUT2D eigenvalue weighted by atomic mass is 10.1. The Bertz CT molecular complexity index is 1050. The van der Waals surface area contributed by atoms with E-state index in [1.807, 2.05) is 0 Å². The molecule has 1 fully saturated rings. The molecule has 0 bridgehead atoms. The van der Waals surface area contributed by atoms with Crippen molar-refractivity contribution in [1.82, 2.24) is 10.2 Å². The van der Waals surface area contributed by atoms with Crippen LogP contribution in [-0.2, 0) is 9.59 Å². The number of ketones is 1. The summed E-state index contributed by atoms with van der Waals surface area (Å²) in [5, 5.41) is 2.80. The second-order valence-corrected chi connectivity index (χ2v) is 8.04. The molecule has 0 unspecified atom stereocenters. The highest BCUT2D eigenvalue weighted by atomic mass is 35.5. The first-order chi connectivity index (χ1) is 14.8. The monoisotopic (exact) mass is 458 g/mol. The van der Waals surface area contributed by atoms with E-state index < -0.39 is 17.1 Å². The van der Waals surface area contributed by atoms with Crippen molar-refractivity contribution in [3.8, 4) is 5.75 Å². The number of amides is 3. The molecule has 1 aliphatic heterocycles.